The van der Waals surface area contributed by atoms with Crippen molar-refractivity contribution in [1.82, 2.24) is 0 Å². The largest absolute Gasteiger partial charge is 0.411 e. The molecule has 1 N–H and O–H groups in total. The lowest BCUT2D eigenvalue weighted by Gasteiger charge is -2.23. The van der Waals surface area contributed by atoms with Gasteiger partial charge in [-0.25, -0.2) is 8.42 Å². The number of sulfone groups is 1. The van der Waals surface area contributed by atoms with Crippen LogP contribution in [0.1, 0.15) is 31.9 Å². The van der Waals surface area contributed by atoms with E-state index in [-0.39, 0.29) is 16.1 Å². The van der Waals surface area contributed by atoms with Gasteiger partial charge in [-0.2, -0.15) is 0 Å². The first-order valence-electron chi connectivity index (χ1n) is 8.20. The van der Waals surface area contributed by atoms with Gasteiger partial charge in [-0.1, -0.05) is 29.4 Å². The minimum atomic E-state index is -3.68. The summed E-state index contributed by atoms with van der Waals surface area (Å²) in [6, 6.07) is 13.0. The third-order valence-corrected chi connectivity index (χ3v) is 6.27. The van der Waals surface area contributed by atoms with Crippen molar-refractivity contribution in [3.05, 3.63) is 59.7 Å². The molecular weight excluding hydrogens is 354 g/mol. The van der Waals surface area contributed by atoms with Crippen LogP contribution in [0.2, 0.25) is 0 Å². The predicted octanol–water partition coefficient (Wildman–Crippen LogP) is 3.33. The van der Waals surface area contributed by atoms with Crippen LogP contribution < -0.4 is 0 Å². The van der Waals surface area contributed by atoms with Gasteiger partial charge in [0.25, 0.3) is 0 Å². The van der Waals surface area contributed by atoms with Crippen molar-refractivity contribution in [3.8, 4) is 0 Å². The van der Waals surface area contributed by atoms with Crippen molar-refractivity contribution in [1.29, 1.82) is 0 Å². The van der Waals surface area contributed by atoms with Crippen LogP contribution in [0.25, 0.3) is 0 Å². The smallest absolute Gasteiger partial charge is 0.206 e. The van der Waals surface area contributed by atoms with Crippen LogP contribution in [0, 0.1) is 0 Å². The molecule has 2 unspecified atom stereocenters. The molecule has 1 aliphatic rings. The summed E-state index contributed by atoms with van der Waals surface area (Å²) in [5.74, 6) is 0. The van der Waals surface area contributed by atoms with Gasteiger partial charge in [0.1, 0.15) is 5.60 Å². The Hall–Kier alpha value is -2.22. The standard InChI is InChI=1S/C19H21NO5S/c1-13(20-21)15-7-9-17(10-8-15)26(22,23)18-6-4-5-16(11-18)19(3)12-24-14(2)25-19/h4-11,14,21H,12H2,1-3H3. The molecule has 2 aromatic carbocycles. The van der Waals surface area contributed by atoms with E-state index in [4.69, 9.17) is 14.7 Å². The Morgan fingerprint density at radius 3 is 2.46 bits per heavy atom. The second-order valence-electron chi connectivity index (χ2n) is 6.47. The molecule has 6 nitrogen and oxygen atoms in total. The summed E-state index contributed by atoms with van der Waals surface area (Å²) in [5.41, 5.74) is 1.14. The van der Waals surface area contributed by atoms with E-state index in [2.05, 4.69) is 5.16 Å². The summed E-state index contributed by atoms with van der Waals surface area (Å²) in [4.78, 5) is 0.367. The molecule has 0 aliphatic carbocycles. The molecule has 0 amide bonds. The fraction of sp³-hybridized carbons (Fsp3) is 0.316. The molecular formula is C19H21NO5S. The first-order chi connectivity index (χ1) is 12.3. The number of benzene rings is 2. The van der Waals surface area contributed by atoms with Crippen LogP contribution in [-0.2, 0) is 24.9 Å². The minimum absolute atomic E-state index is 0.172. The second-order valence-corrected chi connectivity index (χ2v) is 8.42. The van der Waals surface area contributed by atoms with Crippen molar-refractivity contribution < 1.29 is 23.1 Å². The van der Waals surface area contributed by atoms with E-state index in [1.807, 2.05) is 19.9 Å². The van der Waals surface area contributed by atoms with Crippen molar-refractivity contribution in [2.45, 2.75) is 42.5 Å². The molecule has 7 heteroatoms. The lowest BCUT2D eigenvalue weighted by atomic mass is 9.97. The SMILES string of the molecule is CC(=NO)c1ccc(S(=O)(=O)c2cccc(C3(C)COC(C)O3)c2)cc1. The molecule has 0 saturated carbocycles. The van der Waals surface area contributed by atoms with E-state index in [1.54, 1.807) is 37.3 Å². The van der Waals surface area contributed by atoms with E-state index in [0.717, 1.165) is 5.56 Å². The van der Waals surface area contributed by atoms with Gasteiger partial charge in [-0.3, -0.25) is 0 Å². The van der Waals surface area contributed by atoms with Gasteiger partial charge in [0, 0.05) is 0 Å². The van der Waals surface area contributed by atoms with Gasteiger partial charge >= 0.3 is 0 Å². The zero-order valence-corrected chi connectivity index (χ0v) is 15.7. The highest BCUT2D eigenvalue weighted by Crippen LogP contribution is 2.34. The summed E-state index contributed by atoms with van der Waals surface area (Å²) in [5, 5.41) is 11.9. The van der Waals surface area contributed by atoms with E-state index in [0.29, 0.717) is 17.9 Å². The van der Waals surface area contributed by atoms with Gasteiger partial charge in [0.05, 0.1) is 22.1 Å². The zero-order valence-electron chi connectivity index (χ0n) is 14.8. The Morgan fingerprint density at radius 1 is 1.19 bits per heavy atom. The molecule has 0 spiro atoms. The molecule has 26 heavy (non-hydrogen) atoms. The highest BCUT2D eigenvalue weighted by molar-refractivity contribution is 7.91. The molecule has 2 aromatic rings. The maximum absolute atomic E-state index is 13.0. The van der Waals surface area contributed by atoms with Crippen molar-refractivity contribution in [2.75, 3.05) is 6.61 Å². The van der Waals surface area contributed by atoms with Crippen LogP contribution in [0.5, 0.6) is 0 Å². The molecule has 0 radical (unpaired) electrons. The quantitative estimate of drug-likeness (QED) is 0.503. The number of hydrogen-bond acceptors (Lipinski definition) is 6. The van der Waals surface area contributed by atoms with Crippen molar-refractivity contribution in [3.63, 3.8) is 0 Å². The highest BCUT2D eigenvalue weighted by Gasteiger charge is 2.37. The van der Waals surface area contributed by atoms with Crippen molar-refractivity contribution >= 4 is 15.5 Å². The molecule has 0 aromatic heterocycles. The molecule has 1 saturated heterocycles. The molecule has 1 heterocycles. The molecule has 1 fully saturated rings. The fourth-order valence-corrected chi connectivity index (χ4v) is 4.23. The Kier molecular flexibility index (Phi) is 4.88. The number of nitrogens with zero attached hydrogens (tertiary/aromatic N) is 1. The maximum Gasteiger partial charge on any atom is 0.206 e. The monoisotopic (exact) mass is 375 g/mol. The maximum atomic E-state index is 13.0. The summed E-state index contributed by atoms with van der Waals surface area (Å²) >= 11 is 0. The Morgan fingerprint density at radius 2 is 1.88 bits per heavy atom. The molecule has 3 rings (SSSR count). The Balaban J connectivity index is 1.96. The molecule has 2 atom stereocenters. The normalized spacial score (nSPS) is 24.0. The summed E-state index contributed by atoms with van der Waals surface area (Å²) in [6.07, 6.45) is -0.329. The first kappa shape index (κ1) is 18.6. The number of ether oxygens (including phenoxy) is 2. The van der Waals surface area contributed by atoms with E-state index in [9.17, 15) is 8.42 Å². The lowest BCUT2D eigenvalue weighted by Crippen LogP contribution is -2.25. The predicted molar refractivity (Wildman–Crippen MR) is 96.2 cm³/mol. The van der Waals surface area contributed by atoms with Gasteiger partial charge in [0.15, 0.2) is 6.29 Å². The third-order valence-electron chi connectivity index (χ3n) is 4.51. The Bertz CT molecular complexity index is 937. The summed E-state index contributed by atoms with van der Waals surface area (Å²) < 4.78 is 37.2. The van der Waals surface area contributed by atoms with Crippen LogP contribution in [0.4, 0.5) is 0 Å². The van der Waals surface area contributed by atoms with Gasteiger partial charge in [-0.15, -0.1) is 0 Å². The van der Waals surface area contributed by atoms with Crippen LogP contribution in [0.3, 0.4) is 0 Å². The van der Waals surface area contributed by atoms with Gasteiger partial charge in [0.2, 0.25) is 9.84 Å². The van der Waals surface area contributed by atoms with Crippen LogP contribution in [-0.4, -0.2) is 32.2 Å². The molecule has 0 bridgehead atoms. The van der Waals surface area contributed by atoms with Gasteiger partial charge < -0.3 is 14.7 Å². The number of rotatable bonds is 4. The third kappa shape index (κ3) is 3.38. The molecule has 138 valence electrons. The number of hydrogen-bond donors (Lipinski definition) is 1. The second kappa shape index (κ2) is 6.83. The minimum Gasteiger partial charge on any atom is -0.411 e. The number of oxime groups is 1. The summed E-state index contributed by atoms with van der Waals surface area (Å²) in [6.45, 7) is 5.70. The Labute approximate surface area is 153 Å². The highest BCUT2D eigenvalue weighted by atomic mass is 32.2. The van der Waals surface area contributed by atoms with E-state index in [1.165, 1.54) is 12.1 Å². The average Bonchev–Trinajstić information content (AvgIpc) is 3.01. The van der Waals surface area contributed by atoms with E-state index < -0.39 is 15.4 Å². The zero-order chi connectivity index (χ0) is 18.9. The van der Waals surface area contributed by atoms with Crippen LogP contribution in [0.15, 0.2) is 63.5 Å². The van der Waals surface area contributed by atoms with Gasteiger partial charge in [-0.05, 0) is 56.2 Å². The average molecular weight is 375 g/mol. The van der Waals surface area contributed by atoms with E-state index >= 15 is 0 Å². The first-order valence-corrected chi connectivity index (χ1v) is 9.69. The topological polar surface area (TPSA) is 85.2 Å². The lowest BCUT2D eigenvalue weighted by molar-refractivity contribution is -0.0729. The van der Waals surface area contributed by atoms with Crippen LogP contribution >= 0.6 is 0 Å². The van der Waals surface area contributed by atoms with Crippen molar-refractivity contribution in [2.24, 2.45) is 5.16 Å². The molecule has 1 aliphatic heterocycles. The fourth-order valence-electron chi connectivity index (χ4n) is 2.92. The summed E-state index contributed by atoms with van der Waals surface area (Å²) in [7, 11) is -3.68.